The number of carboxylic acids is 4. The van der Waals surface area contributed by atoms with Crippen molar-refractivity contribution in [2.45, 2.75) is 115 Å². The van der Waals surface area contributed by atoms with Crippen LogP contribution in [0.2, 0.25) is 0 Å². The van der Waals surface area contributed by atoms with E-state index in [-0.39, 0.29) is 18.1 Å². The van der Waals surface area contributed by atoms with Crippen molar-refractivity contribution >= 4 is 71.9 Å². The summed E-state index contributed by atoms with van der Waals surface area (Å²) in [6.45, 7) is 6.68. The average molecular weight is 854 g/mol. The van der Waals surface area contributed by atoms with E-state index in [4.69, 9.17) is 10.8 Å². The molecular weight excluding hydrogens is 799 g/mol. The summed E-state index contributed by atoms with van der Waals surface area (Å²) < 4.78 is 0. The number of benzene rings is 1. The third-order valence-corrected chi connectivity index (χ3v) is 9.46. The van der Waals surface area contributed by atoms with Crippen LogP contribution in [0, 0.1) is 11.8 Å². The number of hydrogen-bond donors (Lipinski definition) is 12. The summed E-state index contributed by atoms with van der Waals surface area (Å²) in [4.78, 5) is 126. The highest BCUT2D eigenvalue weighted by Gasteiger charge is 2.35. The second kappa shape index (κ2) is 25.6. The van der Waals surface area contributed by atoms with Gasteiger partial charge in [-0.1, -0.05) is 64.4 Å². The van der Waals surface area contributed by atoms with Crippen LogP contribution in [0.4, 0.5) is 0 Å². The molecule has 0 heterocycles. The Labute approximate surface area is 345 Å². The predicted molar refractivity (Wildman–Crippen MR) is 211 cm³/mol. The zero-order valence-corrected chi connectivity index (χ0v) is 34.0. The third kappa shape index (κ3) is 18.6. The molecule has 0 aromatic heterocycles. The standard InChI is InChI=1S/C37H55N7O14S/c1-5-19(4)29(38)35(55)43-25(17-59)34(54)41-23(15-20-9-7-6-8-10-20)33(53)44-30(18(2)3)36(56)39-21(11-13-26(45)46)31(51)42-24(16-28(49)50)32(52)40-22(37(57)58)12-14-27(47)48/h6-10,18-19,21-25,29-30,59H,5,11-17,38H2,1-4H3,(H,39,56)(H,40,52)(H,41,54)(H,42,51)(H,43,55)(H,44,53)(H,45,46)(H,47,48)(H,49,50)(H,57,58)/t19-,21-,22-,23-,24-,25-,29-,30-/m0/s1. The van der Waals surface area contributed by atoms with Gasteiger partial charge in [0.25, 0.3) is 0 Å². The minimum Gasteiger partial charge on any atom is -0.481 e. The van der Waals surface area contributed by atoms with Gasteiger partial charge in [0.05, 0.1) is 12.5 Å². The lowest BCUT2D eigenvalue weighted by atomic mass is 9.99. The second-order valence-electron chi connectivity index (χ2n) is 14.1. The first kappa shape index (κ1) is 51.2. The molecule has 0 spiro atoms. The van der Waals surface area contributed by atoms with Crippen molar-refractivity contribution < 1.29 is 68.4 Å². The number of carbonyl (C=O) groups excluding carboxylic acids is 6. The van der Waals surface area contributed by atoms with Crippen LogP contribution in [-0.4, -0.2) is 128 Å². The summed E-state index contributed by atoms with van der Waals surface area (Å²) in [6.07, 6.45) is -3.14. The molecule has 0 saturated heterocycles. The minimum atomic E-state index is -1.96. The van der Waals surface area contributed by atoms with Crippen LogP contribution < -0.4 is 37.6 Å². The molecule has 12 N–H and O–H groups in total. The number of nitrogens with two attached hydrogens (primary N) is 1. The van der Waals surface area contributed by atoms with Crippen LogP contribution in [0.25, 0.3) is 0 Å². The molecule has 22 heteroatoms. The molecule has 21 nitrogen and oxygen atoms in total. The number of nitrogens with one attached hydrogen (secondary N) is 6. The van der Waals surface area contributed by atoms with Crippen LogP contribution in [-0.2, 0) is 54.4 Å². The number of carboxylic acid groups (broad SMARTS) is 4. The van der Waals surface area contributed by atoms with E-state index in [0.717, 1.165) is 0 Å². The van der Waals surface area contributed by atoms with Crippen LogP contribution >= 0.6 is 12.6 Å². The van der Waals surface area contributed by atoms with Gasteiger partial charge in [-0.25, -0.2) is 4.79 Å². The average Bonchev–Trinajstić information content (AvgIpc) is 3.17. The summed E-state index contributed by atoms with van der Waals surface area (Å²) in [5, 5.41) is 51.1. The fourth-order valence-corrected chi connectivity index (χ4v) is 5.60. The number of rotatable bonds is 27. The van der Waals surface area contributed by atoms with Gasteiger partial charge < -0.3 is 58.1 Å². The van der Waals surface area contributed by atoms with Crippen molar-refractivity contribution in [3.05, 3.63) is 35.9 Å². The molecule has 8 atom stereocenters. The minimum absolute atomic E-state index is 0.0832. The summed E-state index contributed by atoms with van der Waals surface area (Å²) in [7, 11) is 0. The number of hydrogen-bond acceptors (Lipinski definition) is 12. The van der Waals surface area contributed by atoms with Crippen molar-refractivity contribution in [1.29, 1.82) is 0 Å². The molecule has 1 aromatic rings. The Kier molecular flexibility index (Phi) is 22.2. The fraction of sp³-hybridized carbons (Fsp3) is 0.568. The predicted octanol–water partition coefficient (Wildman–Crippen LogP) is -1.61. The third-order valence-electron chi connectivity index (χ3n) is 9.09. The van der Waals surface area contributed by atoms with Gasteiger partial charge in [-0.05, 0) is 30.2 Å². The Bertz CT molecular complexity index is 1660. The van der Waals surface area contributed by atoms with Crippen molar-refractivity contribution in [1.82, 2.24) is 31.9 Å². The maximum absolute atomic E-state index is 13.9. The van der Waals surface area contributed by atoms with E-state index < -0.39 is 140 Å². The topological polar surface area (TPSA) is 350 Å². The maximum atomic E-state index is 13.9. The Morgan fingerprint density at radius 1 is 0.593 bits per heavy atom. The van der Waals surface area contributed by atoms with Gasteiger partial charge in [-0.15, -0.1) is 0 Å². The molecule has 59 heavy (non-hydrogen) atoms. The number of amides is 6. The van der Waals surface area contributed by atoms with E-state index >= 15 is 0 Å². The molecule has 0 aliphatic carbocycles. The van der Waals surface area contributed by atoms with Gasteiger partial charge in [0.2, 0.25) is 35.4 Å². The molecule has 6 amide bonds. The lowest BCUT2D eigenvalue weighted by Crippen LogP contribution is -2.61. The van der Waals surface area contributed by atoms with E-state index in [1.54, 1.807) is 37.3 Å². The van der Waals surface area contributed by atoms with E-state index in [1.165, 1.54) is 13.8 Å². The first-order valence-corrected chi connectivity index (χ1v) is 19.4. The summed E-state index contributed by atoms with van der Waals surface area (Å²) in [5.41, 5.74) is 6.63. The Balaban J connectivity index is 3.37. The Morgan fingerprint density at radius 2 is 1.05 bits per heavy atom. The van der Waals surface area contributed by atoms with Gasteiger partial charge in [0.1, 0.15) is 36.3 Å². The first-order valence-electron chi connectivity index (χ1n) is 18.7. The lowest BCUT2D eigenvalue weighted by molar-refractivity contribution is -0.144. The zero-order chi connectivity index (χ0) is 45.0. The monoisotopic (exact) mass is 853 g/mol. The second-order valence-corrected chi connectivity index (χ2v) is 14.5. The van der Waals surface area contributed by atoms with Gasteiger partial charge in [0.15, 0.2) is 0 Å². The molecule has 0 bridgehead atoms. The summed E-state index contributed by atoms with van der Waals surface area (Å²) in [5.74, 6) is -12.9. The Morgan fingerprint density at radius 3 is 1.54 bits per heavy atom. The van der Waals surface area contributed by atoms with E-state index in [0.29, 0.717) is 12.0 Å². The van der Waals surface area contributed by atoms with E-state index in [1.807, 2.05) is 12.2 Å². The highest BCUT2D eigenvalue weighted by atomic mass is 32.1. The van der Waals surface area contributed by atoms with Gasteiger partial charge >= 0.3 is 23.9 Å². The van der Waals surface area contributed by atoms with Gasteiger partial charge in [0, 0.05) is 25.0 Å². The van der Waals surface area contributed by atoms with Crippen molar-refractivity contribution in [3.8, 4) is 0 Å². The largest absolute Gasteiger partial charge is 0.481 e. The SMILES string of the molecule is CC[C@H](C)[C@H](N)C(=O)N[C@@H](CS)C(=O)N[C@@H](Cc1ccccc1)C(=O)N[C@H](C(=O)N[C@@H](CCC(=O)O)C(=O)N[C@@H](CC(=O)O)C(=O)N[C@@H](CCC(=O)O)C(=O)O)C(C)C. The lowest BCUT2D eigenvalue weighted by Gasteiger charge is -2.29. The molecule has 0 fully saturated rings. The van der Waals surface area contributed by atoms with Crippen molar-refractivity contribution in [2.75, 3.05) is 5.75 Å². The van der Waals surface area contributed by atoms with Crippen LogP contribution in [0.1, 0.15) is 71.8 Å². The maximum Gasteiger partial charge on any atom is 0.326 e. The highest BCUT2D eigenvalue weighted by Crippen LogP contribution is 2.11. The summed E-state index contributed by atoms with van der Waals surface area (Å²) in [6, 6.07) is -1.92. The van der Waals surface area contributed by atoms with Crippen LogP contribution in [0.15, 0.2) is 30.3 Å². The zero-order valence-electron chi connectivity index (χ0n) is 33.1. The number of carbonyl (C=O) groups is 10. The highest BCUT2D eigenvalue weighted by molar-refractivity contribution is 7.80. The molecule has 0 unspecified atom stereocenters. The smallest absolute Gasteiger partial charge is 0.326 e. The molecule has 1 aromatic carbocycles. The van der Waals surface area contributed by atoms with Crippen LogP contribution in [0.5, 0.6) is 0 Å². The quantitative estimate of drug-likeness (QED) is 0.0443. The first-order chi connectivity index (χ1) is 27.6. The molecule has 328 valence electrons. The molecular formula is C37H55N7O14S. The van der Waals surface area contributed by atoms with Crippen molar-refractivity contribution in [3.63, 3.8) is 0 Å². The summed E-state index contributed by atoms with van der Waals surface area (Å²) >= 11 is 4.19. The number of thiol groups is 1. The number of aliphatic carboxylic acids is 4. The van der Waals surface area contributed by atoms with Gasteiger partial charge in [-0.2, -0.15) is 12.6 Å². The van der Waals surface area contributed by atoms with Crippen molar-refractivity contribution in [2.24, 2.45) is 17.6 Å². The fourth-order valence-electron chi connectivity index (χ4n) is 5.35. The van der Waals surface area contributed by atoms with E-state index in [9.17, 15) is 63.3 Å². The normalized spacial score (nSPS) is 15.0. The van der Waals surface area contributed by atoms with E-state index in [2.05, 4.69) is 39.2 Å². The molecule has 0 aliphatic heterocycles. The molecule has 0 radical (unpaired) electrons. The Hall–Kier alpha value is -5.77. The molecule has 0 aliphatic rings. The van der Waals surface area contributed by atoms with Crippen LogP contribution in [0.3, 0.4) is 0 Å². The molecule has 0 saturated carbocycles. The van der Waals surface area contributed by atoms with Gasteiger partial charge in [-0.3, -0.25) is 43.2 Å². The molecule has 1 rings (SSSR count).